The molecule has 90 valence electrons. The number of aromatic hydroxyl groups is 1. The van der Waals surface area contributed by atoms with Crippen molar-refractivity contribution in [2.75, 3.05) is 18.0 Å². The van der Waals surface area contributed by atoms with Crippen LogP contribution in [0.2, 0.25) is 0 Å². The van der Waals surface area contributed by atoms with E-state index in [0.29, 0.717) is 17.6 Å². The van der Waals surface area contributed by atoms with Gasteiger partial charge in [-0.05, 0) is 36.1 Å². The van der Waals surface area contributed by atoms with Crippen molar-refractivity contribution < 1.29 is 5.11 Å². The fourth-order valence-electron chi connectivity index (χ4n) is 1.83. The molecule has 1 aromatic rings. The summed E-state index contributed by atoms with van der Waals surface area (Å²) in [6.45, 7) is 11.0. The zero-order chi connectivity index (χ0) is 12.1. The van der Waals surface area contributed by atoms with Gasteiger partial charge in [-0.25, -0.2) is 0 Å². The van der Waals surface area contributed by atoms with Gasteiger partial charge in [0.25, 0.3) is 0 Å². The summed E-state index contributed by atoms with van der Waals surface area (Å²) in [6, 6.07) is 7.48. The zero-order valence-corrected chi connectivity index (χ0v) is 10.8. The molecule has 0 saturated carbocycles. The van der Waals surface area contributed by atoms with Crippen molar-refractivity contribution in [3.05, 3.63) is 24.3 Å². The topological polar surface area (TPSA) is 23.5 Å². The first-order valence-electron chi connectivity index (χ1n) is 6.03. The van der Waals surface area contributed by atoms with Crippen LogP contribution in [0.5, 0.6) is 5.75 Å². The maximum absolute atomic E-state index is 9.28. The summed E-state index contributed by atoms with van der Waals surface area (Å²) >= 11 is 0. The normalized spacial score (nSPS) is 11.1. The average molecular weight is 221 g/mol. The van der Waals surface area contributed by atoms with Crippen LogP contribution >= 0.6 is 0 Å². The molecule has 0 fully saturated rings. The molecule has 0 amide bonds. The minimum atomic E-state index is 0.331. The first kappa shape index (κ1) is 12.9. The monoisotopic (exact) mass is 221 g/mol. The summed E-state index contributed by atoms with van der Waals surface area (Å²) in [4.78, 5) is 2.38. The standard InChI is InChI=1S/C14H23NO/c1-11(2)9-15(10-12(3)4)13-5-7-14(16)8-6-13/h5-8,11-12,16H,9-10H2,1-4H3. The van der Waals surface area contributed by atoms with Gasteiger partial charge in [0.2, 0.25) is 0 Å². The number of nitrogens with zero attached hydrogens (tertiary/aromatic N) is 1. The molecule has 1 rings (SSSR count). The van der Waals surface area contributed by atoms with Gasteiger partial charge in [-0.3, -0.25) is 0 Å². The Labute approximate surface area is 98.9 Å². The van der Waals surface area contributed by atoms with Crippen LogP contribution in [0, 0.1) is 11.8 Å². The molecule has 0 spiro atoms. The zero-order valence-electron chi connectivity index (χ0n) is 10.8. The van der Waals surface area contributed by atoms with Crippen LogP contribution in [0.25, 0.3) is 0 Å². The van der Waals surface area contributed by atoms with Crippen LogP contribution < -0.4 is 4.90 Å². The largest absolute Gasteiger partial charge is 0.508 e. The smallest absolute Gasteiger partial charge is 0.115 e. The van der Waals surface area contributed by atoms with E-state index in [1.807, 2.05) is 12.1 Å². The molecule has 0 saturated heterocycles. The second kappa shape index (κ2) is 5.78. The van der Waals surface area contributed by atoms with Crippen molar-refractivity contribution in [3.63, 3.8) is 0 Å². The van der Waals surface area contributed by atoms with E-state index in [-0.39, 0.29) is 0 Å². The summed E-state index contributed by atoms with van der Waals surface area (Å²) in [7, 11) is 0. The molecule has 0 atom stereocenters. The van der Waals surface area contributed by atoms with E-state index >= 15 is 0 Å². The Kier molecular flexibility index (Phi) is 4.66. The number of anilines is 1. The van der Waals surface area contributed by atoms with Crippen LogP contribution in [0.15, 0.2) is 24.3 Å². The SMILES string of the molecule is CC(C)CN(CC(C)C)c1ccc(O)cc1. The van der Waals surface area contributed by atoms with E-state index in [1.165, 1.54) is 5.69 Å². The molecular weight excluding hydrogens is 198 g/mol. The molecule has 0 heterocycles. The van der Waals surface area contributed by atoms with Crippen LogP contribution in [0.1, 0.15) is 27.7 Å². The van der Waals surface area contributed by atoms with Crippen LogP contribution in [-0.2, 0) is 0 Å². The molecule has 2 heteroatoms. The number of phenols is 1. The summed E-state index contributed by atoms with van der Waals surface area (Å²) in [5.74, 6) is 1.62. The third kappa shape index (κ3) is 4.13. The van der Waals surface area contributed by atoms with Crippen LogP contribution in [0.4, 0.5) is 5.69 Å². The summed E-state index contributed by atoms with van der Waals surface area (Å²) in [5, 5.41) is 9.28. The second-order valence-corrected chi connectivity index (χ2v) is 5.21. The minimum Gasteiger partial charge on any atom is -0.508 e. The van der Waals surface area contributed by atoms with Crippen molar-refractivity contribution in [3.8, 4) is 5.75 Å². The molecule has 2 nitrogen and oxygen atoms in total. The van der Waals surface area contributed by atoms with E-state index < -0.39 is 0 Å². The van der Waals surface area contributed by atoms with Crippen molar-refractivity contribution in [1.29, 1.82) is 0 Å². The summed E-state index contributed by atoms with van der Waals surface area (Å²) in [6.07, 6.45) is 0. The molecule has 1 N–H and O–H groups in total. The van der Waals surface area contributed by atoms with Gasteiger partial charge in [-0.2, -0.15) is 0 Å². The predicted octanol–water partition coefficient (Wildman–Crippen LogP) is 3.51. The van der Waals surface area contributed by atoms with Gasteiger partial charge < -0.3 is 10.0 Å². The summed E-state index contributed by atoms with van der Waals surface area (Å²) < 4.78 is 0. The van der Waals surface area contributed by atoms with Crippen molar-refractivity contribution in [2.24, 2.45) is 11.8 Å². The highest BCUT2D eigenvalue weighted by Crippen LogP contribution is 2.20. The highest BCUT2D eigenvalue weighted by atomic mass is 16.3. The Morgan fingerprint density at radius 2 is 1.38 bits per heavy atom. The minimum absolute atomic E-state index is 0.331. The number of hydrogen-bond donors (Lipinski definition) is 1. The lowest BCUT2D eigenvalue weighted by Crippen LogP contribution is -2.31. The number of hydrogen-bond acceptors (Lipinski definition) is 2. The highest BCUT2D eigenvalue weighted by Gasteiger charge is 2.10. The van der Waals surface area contributed by atoms with Crippen molar-refractivity contribution in [1.82, 2.24) is 0 Å². The molecule has 0 aliphatic heterocycles. The molecule has 0 aromatic heterocycles. The third-order valence-electron chi connectivity index (χ3n) is 2.39. The Morgan fingerprint density at radius 3 is 1.75 bits per heavy atom. The molecular formula is C14H23NO. The maximum atomic E-state index is 9.28. The maximum Gasteiger partial charge on any atom is 0.115 e. The number of phenolic OH excluding ortho intramolecular Hbond substituents is 1. The fourth-order valence-corrected chi connectivity index (χ4v) is 1.83. The van der Waals surface area contributed by atoms with Gasteiger partial charge in [-0.15, -0.1) is 0 Å². The Hall–Kier alpha value is -1.18. The van der Waals surface area contributed by atoms with E-state index in [4.69, 9.17) is 0 Å². The molecule has 0 aliphatic rings. The summed E-state index contributed by atoms with van der Waals surface area (Å²) in [5.41, 5.74) is 1.19. The highest BCUT2D eigenvalue weighted by molar-refractivity contribution is 5.48. The van der Waals surface area contributed by atoms with E-state index in [9.17, 15) is 5.11 Å². The number of benzene rings is 1. The molecule has 0 bridgehead atoms. The predicted molar refractivity (Wildman–Crippen MR) is 70.0 cm³/mol. The first-order chi connectivity index (χ1) is 7.49. The Morgan fingerprint density at radius 1 is 0.938 bits per heavy atom. The fraction of sp³-hybridized carbons (Fsp3) is 0.571. The average Bonchev–Trinajstić information content (AvgIpc) is 2.16. The van der Waals surface area contributed by atoms with Crippen molar-refractivity contribution >= 4 is 5.69 Å². The van der Waals surface area contributed by atoms with E-state index in [1.54, 1.807) is 12.1 Å². The van der Waals surface area contributed by atoms with Gasteiger partial charge in [-0.1, -0.05) is 27.7 Å². The van der Waals surface area contributed by atoms with Gasteiger partial charge in [0.15, 0.2) is 0 Å². The Bertz CT molecular complexity index is 293. The second-order valence-electron chi connectivity index (χ2n) is 5.21. The number of rotatable bonds is 5. The van der Waals surface area contributed by atoms with Crippen LogP contribution in [0.3, 0.4) is 0 Å². The first-order valence-corrected chi connectivity index (χ1v) is 6.03. The lowest BCUT2D eigenvalue weighted by atomic mass is 10.1. The van der Waals surface area contributed by atoms with Crippen molar-refractivity contribution in [2.45, 2.75) is 27.7 Å². The lowest BCUT2D eigenvalue weighted by Gasteiger charge is -2.28. The molecule has 16 heavy (non-hydrogen) atoms. The molecule has 0 unspecified atom stereocenters. The van der Waals surface area contributed by atoms with Gasteiger partial charge in [0.05, 0.1) is 0 Å². The van der Waals surface area contributed by atoms with E-state index in [0.717, 1.165) is 13.1 Å². The lowest BCUT2D eigenvalue weighted by molar-refractivity contribution is 0.475. The van der Waals surface area contributed by atoms with Gasteiger partial charge >= 0.3 is 0 Å². The Balaban J connectivity index is 2.78. The molecule has 1 aromatic carbocycles. The molecule has 0 aliphatic carbocycles. The van der Waals surface area contributed by atoms with Gasteiger partial charge in [0, 0.05) is 18.8 Å². The third-order valence-corrected chi connectivity index (χ3v) is 2.39. The molecule has 0 radical (unpaired) electrons. The van der Waals surface area contributed by atoms with Gasteiger partial charge in [0.1, 0.15) is 5.75 Å². The van der Waals surface area contributed by atoms with E-state index in [2.05, 4.69) is 32.6 Å². The van der Waals surface area contributed by atoms with Crippen LogP contribution in [-0.4, -0.2) is 18.2 Å². The quantitative estimate of drug-likeness (QED) is 0.822.